The number of nitrogens with zero attached hydrogens (tertiary/aromatic N) is 2. The quantitative estimate of drug-likeness (QED) is 0.335. The van der Waals surface area contributed by atoms with E-state index in [4.69, 9.17) is 26.2 Å². The fourth-order valence-electron chi connectivity index (χ4n) is 4.45. The average molecular weight is 491 g/mol. The number of carboxylic acid groups (broad SMARTS) is 2. The zero-order valence-corrected chi connectivity index (χ0v) is 19.9. The Hall–Kier alpha value is -2.49. The number of hydrogen-bond donors (Lipinski definition) is 1. The lowest BCUT2D eigenvalue weighted by atomic mass is 9.96. The van der Waals surface area contributed by atoms with Gasteiger partial charge in [0, 0.05) is 18.1 Å². The molecule has 1 N–H and O–H groups in total. The van der Waals surface area contributed by atoms with Gasteiger partial charge in [-0.3, -0.25) is 4.90 Å². The van der Waals surface area contributed by atoms with Gasteiger partial charge in [0.05, 0.1) is 44.9 Å². The van der Waals surface area contributed by atoms with Gasteiger partial charge in [0.25, 0.3) is 0 Å². The molecule has 0 bridgehead atoms. The molecule has 8 nitrogen and oxygen atoms in total. The maximum Gasteiger partial charge on any atom is 0.329 e. The fraction of sp³-hybridized carbons (Fsp3) is 0.440. The summed E-state index contributed by atoms with van der Waals surface area (Å²) < 4.78 is 11.2. The van der Waals surface area contributed by atoms with Crippen LogP contribution in [0.15, 0.2) is 54.6 Å². The second-order valence-corrected chi connectivity index (χ2v) is 8.94. The topological polar surface area (TPSA) is 99.1 Å². The van der Waals surface area contributed by atoms with E-state index in [-0.39, 0.29) is 19.3 Å². The van der Waals surface area contributed by atoms with Crippen LogP contribution in [-0.2, 0) is 19.1 Å². The first-order valence-electron chi connectivity index (χ1n) is 11.4. The lowest BCUT2D eigenvalue weighted by molar-refractivity contribution is -0.932. The van der Waals surface area contributed by atoms with Gasteiger partial charge in [0.2, 0.25) is 0 Å². The van der Waals surface area contributed by atoms with E-state index in [2.05, 4.69) is 29.2 Å². The van der Waals surface area contributed by atoms with Crippen LogP contribution in [0.2, 0.25) is 5.02 Å². The van der Waals surface area contributed by atoms with Crippen LogP contribution in [0.25, 0.3) is 0 Å². The molecule has 0 amide bonds. The number of piperazine rings is 1. The summed E-state index contributed by atoms with van der Waals surface area (Å²) in [4.78, 5) is 23.9. The molecule has 0 unspecified atom stereocenters. The lowest BCUT2D eigenvalue weighted by Crippen LogP contribution is -2.62. The summed E-state index contributed by atoms with van der Waals surface area (Å²) in [6.45, 7) is 4.31. The minimum absolute atomic E-state index is 0.0817. The van der Waals surface area contributed by atoms with E-state index in [1.165, 1.54) is 5.56 Å². The first-order chi connectivity index (χ1) is 16.4. The molecule has 184 valence electrons. The summed E-state index contributed by atoms with van der Waals surface area (Å²) in [7, 11) is 0. The molecule has 0 radical (unpaired) electrons. The number of ether oxygens (including phenoxy) is 2. The molecule has 1 fully saturated rings. The summed E-state index contributed by atoms with van der Waals surface area (Å²) >= 11 is 6.13. The monoisotopic (exact) mass is 490 g/mol. The van der Waals surface area contributed by atoms with Gasteiger partial charge in [-0.2, -0.15) is 0 Å². The van der Waals surface area contributed by atoms with Crippen molar-refractivity contribution in [2.24, 2.45) is 0 Å². The van der Waals surface area contributed by atoms with E-state index in [9.17, 15) is 14.7 Å². The standard InChI is InChI=1S/C25H31ClN2O6/c26-22-8-6-21(7-9-22)25(20-4-2-1-3-5-20)27-10-12-28(13-11-27,14-16-33-18-23(29)30)15-17-34-19-24(31)32/h1-9,25H,10-19H2,(H-,29,30,31,32)/t25-/m1/s1. The van der Waals surface area contributed by atoms with E-state index >= 15 is 0 Å². The zero-order chi connectivity index (χ0) is 24.4. The Balaban J connectivity index is 1.71. The third-order valence-electron chi connectivity index (χ3n) is 6.25. The van der Waals surface area contributed by atoms with Crippen LogP contribution in [-0.4, -0.2) is 92.1 Å². The van der Waals surface area contributed by atoms with E-state index in [0.717, 1.165) is 31.7 Å². The Morgan fingerprint density at radius 3 is 2.06 bits per heavy atom. The van der Waals surface area contributed by atoms with E-state index in [1.54, 1.807) is 0 Å². The van der Waals surface area contributed by atoms with Gasteiger partial charge in [0.15, 0.2) is 0 Å². The largest absolute Gasteiger partial charge is 0.548 e. The number of carbonyl (C=O) groups excluding carboxylic acids is 1. The minimum Gasteiger partial charge on any atom is -0.548 e. The van der Waals surface area contributed by atoms with Gasteiger partial charge in [-0.15, -0.1) is 0 Å². The molecule has 34 heavy (non-hydrogen) atoms. The van der Waals surface area contributed by atoms with Crippen molar-refractivity contribution in [1.29, 1.82) is 0 Å². The number of aliphatic carboxylic acids is 2. The van der Waals surface area contributed by atoms with Crippen LogP contribution in [0, 0.1) is 0 Å². The van der Waals surface area contributed by atoms with E-state index < -0.39 is 18.5 Å². The van der Waals surface area contributed by atoms with Gasteiger partial charge >= 0.3 is 5.97 Å². The van der Waals surface area contributed by atoms with Gasteiger partial charge in [-0.25, -0.2) is 4.79 Å². The molecular formula is C25H31ClN2O6. The van der Waals surface area contributed by atoms with Crippen LogP contribution >= 0.6 is 11.6 Å². The Morgan fingerprint density at radius 1 is 0.941 bits per heavy atom. The SMILES string of the molecule is O=C([O-])COCC[N+]1(CCOCC(=O)O)CCN([C@H](c2ccccc2)c2ccc(Cl)cc2)CC1. The predicted molar refractivity (Wildman–Crippen MR) is 125 cm³/mol. The molecule has 0 spiro atoms. The molecule has 0 aromatic heterocycles. The molecule has 2 aromatic carbocycles. The molecule has 2 aromatic rings. The van der Waals surface area contributed by atoms with Crippen LogP contribution in [0.5, 0.6) is 0 Å². The van der Waals surface area contributed by atoms with Crippen molar-refractivity contribution >= 4 is 23.5 Å². The Morgan fingerprint density at radius 2 is 1.50 bits per heavy atom. The maximum absolute atomic E-state index is 10.8. The van der Waals surface area contributed by atoms with Crippen molar-refractivity contribution in [3.05, 3.63) is 70.7 Å². The van der Waals surface area contributed by atoms with Crippen LogP contribution in [0.3, 0.4) is 0 Å². The van der Waals surface area contributed by atoms with Crippen molar-refractivity contribution < 1.29 is 33.8 Å². The molecule has 1 heterocycles. The molecule has 9 heteroatoms. The van der Waals surface area contributed by atoms with Crippen LogP contribution < -0.4 is 5.11 Å². The van der Waals surface area contributed by atoms with Crippen molar-refractivity contribution in [2.75, 3.05) is 65.7 Å². The molecule has 1 atom stereocenters. The number of quaternary nitrogens is 1. The third kappa shape index (κ3) is 7.78. The Labute approximate surface area is 204 Å². The summed E-state index contributed by atoms with van der Waals surface area (Å²) in [5.41, 5.74) is 2.37. The molecule has 3 rings (SSSR count). The molecule has 0 saturated carbocycles. The Kier molecular flexibility index (Phi) is 9.86. The fourth-order valence-corrected chi connectivity index (χ4v) is 4.57. The Bertz CT molecular complexity index is 893. The summed E-state index contributed by atoms with van der Waals surface area (Å²) in [6.07, 6.45) is 0. The highest BCUT2D eigenvalue weighted by molar-refractivity contribution is 6.30. The number of rotatable bonds is 13. The number of carboxylic acids is 2. The van der Waals surface area contributed by atoms with Crippen molar-refractivity contribution in [1.82, 2.24) is 4.90 Å². The highest BCUT2D eigenvalue weighted by atomic mass is 35.5. The van der Waals surface area contributed by atoms with Crippen molar-refractivity contribution in [3.63, 3.8) is 0 Å². The molecule has 1 aliphatic heterocycles. The van der Waals surface area contributed by atoms with Gasteiger partial charge in [-0.1, -0.05) is 54.1 Å². The summed E-state index contributed by atoms with van der Waals surface area (Å²) in [6, 6.07) is 18.4. The number of benzene rings is 2. The average Bonchev–Trinajstić information content (AvgIpc) is 2.83. The van der Waals surface area contributed by atoms with Gasteiger partial charge in [-0.05, 0) is 23.3 Å². The van der Waals surface area contributed by atoms with Gasteiger partial charge < -0.3 is 29.0 Å². The minimum atomic E-state index is -1.24. The second kappa shape index (κ2) is 12.8. The molecule has 1 aliphatic rings. The van der Waals surface area contributed by atoms with E-state index in [1.807, 2.05) is 30.3 Å². The highest BCUT2D eigenvalue weighted by Crippen LogP contribution is 2.31. The lowest BCUT2D eigenvalue weighted by Gasteiger charge is -2.47. The maximum atomic E-state index is 10.8. The van der Waals surface area contributed by atoms with Crippen LogP contribution in [0.1, 0.15) is 17.2 Å². The van der Waals surface area contributed by atoms with Crippen molar-refractivity contribution in [3.8, 4) is 0 Å². The predicted octanol–water partition coefficient (Wildman–Crippen LogP) is 1.43. The molecular weight excluding hydrogens is 460 g/mol. The summed E-state index contributed by atoms with van der Waals surface area (Å²) in [5.74, 6) is -2.24. The molecule has 0 aliphatic carbocycles. The van der Waals surface area contributed by atoms with Crippen LogP contribution in [0.4, 0.5) is 0 Å². The highest BCUT2D eigenvalue weighted by Gasteiger charge is 2.36. The number of hydrogen-bond acceptors (Lipinski definition) is 6. The zero-order valence-electron chi connectivity index (χ0n) is 19.1. The first-order valence-corrected chi connectivity index (χ1v) is 11.7. The summed E-state index contributed by atoms with van der Waals surface area (Å²) in [5, 5.41) is 20.2. The van der Waals surface area contributed by atoms with Gasteiger partial charge in [0.1, 0.15) is 19.7 Å². The number of carbonyl (C=O) groups is 2. The third-order valence-corrected chi connectivity index (χ3v) is 6.51. The number of halogens is 1. The smallest absolute Gasteiger partial charge is 0.329 e. The van der Waals surface area contributed by atoms with E-state index in [0.29, 0.717) is 29.2 Å². The molecule has 1 saturated heterocycles. The normalized spacial score (nSPS) is 16.7. The van der Waals surface area contributed by atoms with Crippen molar-refractivity contribution in [2.45, 2.75) is 6.04 Å². The second-order valence-electron chi connectivity index (χ2n) is 8.51. The first kappa shape index (κ1) is 26.1.